The van der Waals surface area contributed by atoms with E-state index < -0.39 is 0 Å². The summed E-state index contributed by atoms with van der Waals surface area (Å²) >= 11 is 1.66. The van der Waals surface area contributed by atoms with E-state index >= 15 is 0 Å². The molecule has 0 fully saturated rings. The van der Waals surface area contributed by atoms with Gasteiger partial charge in [-0.25, -0.2) is 4.79 Å². The topological polar surface area (TPSA) is 48.7 Å². The van der Waals surface area contributed by atoms with E-state index in [1.807, 2.05) is 31.2 Å². The minimum Gasteiger partial charge on any atom is -0.486 e. The Bertz CT molecular complexity index is 1010. The Morgan fingerprint density at radius 3 is 2.56 bits per heavy atom. The average Bonchev–Trinajstić information content (AvgIpc) is 2.61. The van der Waals surface area contributed by atoms with Crippen LogP contribution in [-0.2, 0) is 5.75 Å². The number of hydrogen-bond donors (Lipinski definition) is 0. The van der Waals surface area contributed by atoms with Gasteiger partial charge in [0, 0.05) is 22.1 Å². The van der Waals surface area contributed by atoms with Crippen LogP contribution in [0, 0.1) is 13.8 Å². The van der Waals surface area contributed by atoms with Gasteiger partial charge in [0.15, 0.2) is 11.5 Å². The van der Waals surface area contributed by atoms with E-state index in [0.717, 1.165) is 32.9 Å². The first-order chi connectivity index (χ1) is 12.1. The fourth-order valence-corrected chi connectivity index (χ4v) is 3.79. The Labute approximate surface area is 149 Å². The van der Waals surface area contributed by atoms with Crippen LogP contribution in [0.5, 0.6) is 11.5 Å². The van der Waals surface area contributed by atoms with Gasteiger partial charge in [-0.2, -0.15) is 0 Å². The van der Waals surface area contributed by atoms with Crippen molar-refractivity contribution in [2.75, 3.05) is 13.2 Å². The van der Waals surface area contributed by atoms with Gasteiger partial charge in [-0.05, 0) is 60.9 Å². The number of benzene rings is 2. The quantitative estimate of drug-likeness (QED) is 0.513. The molecule has 4 nitrogen and oxygen atoms in total. The van der Waals surface area contributed by atoms with E-state index in [-0.39, 0.29) is 5.63 Å². The maximum atomic E-state index is 11.9. The molecule has 1 aliphatic heterocycles. The first-order valence-corrected chi connectivity index (χ1v) is 9.15. The second-order valence-electron chi connectivity index (χ2n) is 6.12. The fourth-order valence-electron chi connectivity index (χ4n) is 2.88. The second-order valence-corrected chi connectivity index (χ2v) is 7.17. The SMILES string of the molecule is Cc1cc2oc(=O)cc(CSc3ccc4c(c3)OCCO4)c2cc1C. The summed E-state index contributed by atoms with van der Waals surface area (Å²) in [6.07, 6.45) is 0. The van der Waals surface area contributed by atoms with Gasteiger partial charge in [0.05, 0.1) is 0 Å². The zero-order chi connectivity index (χ0) is 17.4. The molecular weight excluding hydrogens is 336 g/mol. The van der Waals surface area contributed by atoms with Crippen LogP contribution in [0.15, 0.2) is 50.5 Å². The van der Waals surface area contributed by atoms with E-state index in [2.05, 4.69) is 13.0 Å². The van der Waals surface area contributed by atoms with Crippen molar-refractivity contribution in [3.05, 3.63) is 63.5 Å². The molecule has 0 bridgehead atoms. The highest BCUT2D eigenvalue weighted by atomic mass is 32.2. The van der Waals surface area contributed by atoms with Crippen molar-refractivity contribution in [2.45, 2.75) is 24.5 Å². The van der Waals surface area contributed by atoms with Crippen molar-refractivity contribution in [2.24, 2.45) is 0 Å². The Morgan fingerprint density at radius 2 is 1.72 bits per heavy atom. The van der Waals surface area contributed by atoms with E-state index in [4.69, 9.17) is 13.9 Å². The van der Waals surface area contributed by atoms with E-state index in [1.54, 1.807) is 17.8 Å². The molecule has 0 radical (unpaired) electrons. The molecule has 4 rings (SSSR count). The summed E-state index contributed by atoms with van der Waals surface area (Å²) in [6, 6.07) is 11.5. The molecule has 5 heteroatoms. The number of rotatable bonds is 3. The van der Waals surface area contributed by atoms with Crippen LogP contribution in [0.1, 0.15) is 16.7 Å². The van der Waals surface area contributed by atoms with Gasteiger partial charge in [0.2, 0.25) is 0 Å². The van der Waals surface area contributed by atoms with E-state index in [1.165, 1.54) is 5.56 Å². The molecule has 0 saturated carbocycles. The number of ether oxygens (including phenoxy) is 2. The maximum absolute atomic E-state index is 11.9. The Balaban J connectivity index is 1.64. The Hall–Kier alpha value is -2.40. The van der Waals surface area contributed by atoms with Gasteiger partial charge >= 0.3 is 5.63 Å². The molecule has 2 heterocycles. The van der Waals surface area contributed by atoms with Gasteiger partial charge in [-0.1, -0.05) is 0 Å². The summed E-state index contributed by atoms with van der Waals surface area (Å²) in [6.45, 7) is 5.25. The molecular formula is C20H18O4S. The van der Waals surface area contributed by atoms with Crippen LogP contribution in [0.4, 0.5) is 0 Å². The van der Waals surface area contributed by atoms with Crippen molar-refractivity contribution < 1.29 is 13.9 Å². The van der Waals surface area contributed by atoms with Gasteiger partial charge in [-0.15, -0.1) is 11.8 Å². The van der Waals surface area contributed by atoms with Crippen LogP contribution < -0.4 is 15.1 Å². The molecule has 0 saturated heterocycles. The number of aryl methyl sites for hydroxylation is 2. The highest BCUT2D eigenvalue weighted by Gasteiger charge is 2.13. The Morgan fingerprint density at radius 1 is 0.960 bits per heavy atom. The van der Waals surface area contributed by atoms with Crippen LogP contribution >= 0.6 is 11.8 Å². The molecule has 0 unspecified atom stereocenters. The molecule has 0 N–H and O–H groups in total. The van der Waals surface area contributed by atoms with Crippen molar-refractivity contribution in [1.29, 1.82) is 0 Å². The molecule has 3 aromatic rings. The van der Waals surface area contributed by atoms with E-state index in [0.29, 0.717) is 24.5 Å². The average molecular weight is 354 g/mol. The van der Waals surface area contributed by atoms with Gasteiger partial charge in [0.25, 0.3) is 0 Å². The summed E-state index contributed by atoms with van der Waals surface area (Å²) in [5.74, 6) is 2.25. The summed E-state index contributed by atoms with van der Waals surface area (Å²) in [4.78, 5) is 13.0. The molecule has 25 heavy (non-hydrogen) atoms. The third-order valence-electron chi connectivity index (χ3n) is 4.35. The van der Waals surface area contributed by atoms with Gasteiger partial charge in [-0.3, -0.25) is 0 Å². The molecule has 128 valence electrons. The standard InChI is InChI=1S/C20H18O4S/c1-12-7-16-14(9-20(21)24-18(16)8-13(12)2)11-25-15-3-4-17-19(10-15)23-6-5-22-17/h3-4,7-10H,5-6,11H2,1-2H3. The molecule has 0 amide bonds. The monoisotopic (exact) mass is 354 g/mol. The summed E-state index contributed by atoms with van der Waals surface area (Å²) in [7, 11) is 0. The van der Waals surface area contributed by atoms with Gasteiger partial charge in [0.1, 0.15) is 18.8 Å². The zero-order valence-corrected chi connectivity index (χ0v) is 14.9. The third kappa shape index (κ3) is 3.24. The summed E-state index contributed by atoms with van der Waals surface area (Å²) in [5, 5.41) is 0.993. The smallest absolute Gasteiger partial charge is 0.336 e. The number of thioether (sulfide) groups is 1. The van der Waals surface area contributed by atoms with Gasteiger partial charge < -0.3 is 13.9 Å². The van der Waals surface area contributed by atoms with Crippen molar-refractivity contribution in [1.82, 2.24) is 0 Å². The lowest BCUT2D eigenvalue weighted by atomic mass is 10.0. The Kier molecular flexibility index (Phi) is 4.17. The molecule has 1 aliphatic rings. The second kappa shape index (κ2) is 6.48. The van der Waals surface area contributed by atoms with E-state index in [9.17, 15) is 4.79 Å². The maximum Gasteiger partial charge on any atom is 0.336 e. The first kappa shape index (κ1) is 16.1. The molecule has 0 spiro atoms. The highest BCUT2D eigenvalue weighted by molar-refractivity contribution is 7.98. The summed E-state index contributed by atoms with van der Waals surface area (Å²) in [5.41, 5.74) is 3.62. The summed E-state index contributed by atoms with van der Waals surface area (Å²) < 4.78 is 16.5. The van der Waals surface area contributed by atoms with Crippen molar-refractivity contribution in [3.8, 4) is 11.5 Å². The third-order valence-corrected chi connectivity index (χ3v) is 5.40. The normalized spacial score (nSPS) is 13.2. The molecule has 2 aromatic carbocycles. The van der Waals surface area contributed by atoms with Crippen molar-refractivity contribution >= 4 is 22.7 Å². The lowest BCUT2D eigenvalue weighted by molar-refractivity contribution is 0.171. The molecule has 0 atom stereocenters. The first-order valence-electron chi connectivity index (χ1n) is 8.16. The molecule has 1 aromatic heterocycles. The highest BCUT2D eigenvalue weighted by Crippen LogP contribution is 2.35. The molecule has 0 aliphatic carbocycles. The predicted octanol–water partition coefficient (Wildman–Crippen LogP) is 4.47. The predicted molar refractivity (Wildman–Crippen MR) is 99.0 cm³/mol. The van der Waals surface area contributed by atoms with Crippen LogP contribution in [0.2, 0.25) is 0 Å². The van der Waals surface area contributed by atoms with Crippen molar-refractivity contribution in [3.63, 3.8) is 0 Å². The number of hydrogen-bond acceptors (Lipinski definition) is 5. The zero-order valence-electron chi connectivity index (χ0n) is 14.1. The minimum atomic E-state index is -0.312. The largest absolute Gasteiger partial charge is 0.486 e. The number of fused-ring (bicyclic) bond motifs is 2. The fraction of sp³-hybridized carbons (Fsp3) is 0.250. The van der Waals surface area contributed by atoms with Crippen LogP contribution in [-0.4, -0.2) is 13.2 Å². The lowest BCUT2D eigenvalue weighted by Gasteiger charge is -2.18. The lowest BCUT2D eigenvalue weighted by Crippen LogP contribution is -2.15. The van der Waals surface area contributed by atoms with Crippen LogP contribution in [0.25, 0.3) is 11.0 Å². The minimum absolute atomic E-state index is 0.312. The van der Waals surface area contributed by atoms with Crippen LogP contribution in [0.3, 0.4) is 0 Å².